The van der Waals surface area contributed by atoms with Gasteiger partial charge in [-0.1, -0.05) is 36.9 Å². The molecule has 0 atom stereocenters. The van der Waals surface area contributed by atoms with Crippen molar-refractivity contribution < 1.29 is 9.47 Å². The number of rotatable bonds is 6. The maximum absolute atomic E-state index is 5.61. The van der Waals surface area contributed by atoms with Gasteiger partial charge in [0.15, 0.2) is 11.0 Å². The van der Waals surface area contributed by atoms with Gasteiger partial charge in [0.05, 0.1) is 19.9 Å². The van der Waals surface area contributed by atoms with Crippen LogP contribution in [0.3, 0.4) is 0 Å². The van der Waals surface area contributed by atoms with Crippen molar-refractivity contribution in [2.75, 3.05) is 20.0 Å². The van der Waals surface area contributed by atoms with Crippen LogP contribution in [0.5, 0.6) is 11.5 Å². The number of benzene rings is 2. The van der Waals surface area contributed by atoms with E-state index < -0.39 is 0 Å². The van der Waals surface area contributed by atoms with Gasteiger partial charge in [-0.2, -0.15) is 0 Å². The van der Waals surface area contributed by atoms with Crippen LogP contribution in [0.15, 0.2) is 53.8 Å². The topological polar surface area (TPSA) is 65.0 Å². The molecule has 27 heavy (non-hydrogen) atoms. The number of para-hydroxylation sites is 1. The van der Waals surface area contributed by atoms with E-state index in [9.17, 15) is 0 Å². The molecule has 1 N–H and O–H groups in total. The zero-order chi connectivity index (χ0) is 18.8. The lowest BCUT2D eigenvalue weighted by Gasteiger charge is -2.14. The SMILES string of the molecule is CCSc1nnc(-c2c[nH]c3ccccc23)n1-c1cc(OC)ccc1OC. The number of methoxy groups -OCH3 is 2. The first-order chi connectivity index (χ1) is 13.3. The van der Waals surface area contributed by atoms with E-state index >= 15 is 0 Å². The Morgan fingerprint density at radius 3 is 2.70 bits per heavy atom. The first-order valence-electron chi connectivity index (χ1n) is 8.64. The number of H-pyrrole nitrogens is 1. The molecule has 0 radical (unpaired) electrons. The molecular weight excluding hydrogens is 360 g/mol. The molecule has 2 aromatic heterocycles. The second-order valence-electron chi connectivity index (χ2n) is 5.86. The first-order valence-corrected chi connectivity index (χ1v) is 9.62. The predicted octanol–water partition coefficient (Wildman–Crippen LogP) is 4.54. The summed E-state index contributed by atoms with van der Waals surface area (Å²) >= 11 is 1.64. The van der Waals surface area contributed by atoms with Crippen LogP contribution in [0.4, 0.5) is 0 Å². The van der Waals surface area contributed by atoms with Crippen LogP contribution in [-0.2, 0) is 0 Å². The van der Waals surface area contributed by atoms with Crippen molar-refractivity contribution in [2.24, 2.45) is 0 Å². The van der Waals surface area contributed by atoms with Crippen molar-refractivity contribution >= 4 is 22.7 Å². The molecule has 0 aliphatic rings. The smallest absolute Gasteiger partial charge is 0.196 e. The van der Waals surface area contributed by atoms with E-state index in [1.165, 1.54) is 0 Å². The number of hydrogen-bond acceptors (Lipinski definition) is 5. The maximum atomic E-state index is 5.61. The second kappa shape index (κ2) is 7.36. The highest BCUT2D eigenvalue weighted by atomic mass is 32.2. The van der Waals surface area contributed by atoms with Crippen molar-refractivity contribution in [3.63, 3.8) is 0 Å². The van der Waals surface area contributed by atoms with Gasteiger partial charge in [0.2, 0.25) is 0 Å². The summed E-state index contributed by atoms with van der Waals surface area (Å²) in [4.78, 5) is 3.31. The van der Waals surface area contributed by atoms with Crippen LogP contribution in [0.1, 0.15) is 6.92 Å². The monoisotopic (exact) mass is 380 g/mol. The normalized spacial score (nSPS) is 11.1. The third-order valence-electron chi connectivity index (χ3n) is 4.36. The molecule has 0 aliphatic heterocycles. The Morgan fingerprint density at radius 1 is 1.07 bits per heavy atom. The fraction of sp³-hybridized carbons (Fsp3) is 0.200. The summed E-state index contributed by atoms with van der Waals surface area (Å²) in [5, 5.41) is 10.9. The molecule has 0 saturated heterocycles. The van der Waals surface area contributed by atoms with E-state index in [1.54, 1.807) is 26.0 Å². The Morgan fingerprint density at radius 2 is 1.93 bits per heavy atom. The minimum atomic E-state index is 0.731. The Hall–Kier alpha value is -2.93. The van der Waals surface area contributed by atoms with Crippen molar-refractivity contribution in [3.05, 3.63) is 48.7 Å². The molecule has 0 saturated carbocycles. The number of fused-ring (bicyclic) bond motifs is 1. The van der Waals surface area contributed by atoms with Crippen LogP contribution >= 0.6 is 11.8 Å². The van der Waals surface area contributed by atoms with Crippen molar-refractivity contribution in [3.8, 4) is 28.6 Å². The molecule has 0 spiro atoms. The molecule has 0 unspecified atom stereocenters. The van der Waals surface area contributed by atoms with Crippen LogP contribution in [0.25, 0.3) is 28.0 Å². The van der Waals surface area contributed by atoms with Gasteiger partial charge in [0.25, 0.3) is 0 Å². The molecule has 6 nitrogen and oxygen atoms in total. The lowest BCUT2D eigenvalue weighted by molar-refractivity contribution is 0.401. The third-order valence-corrected chi connectivity index (χ3v) is 5.17. The van der Waals surface area contributed by atoms with Gasteiger partial charge in [0.1, 0.15) is 11.5 Å². The van der Waals surface area contributed by atoms with Gasteiger partial charge < -0.3 is 14.5 Å². The van der Waals surface area contributed by atoms with Crippen LogP contribution in [-0.4, -0.2) is 39.7 Å². The molecule has 2 heterocycles. The molecule has 0 bridgehead atoms. The Bertz CT molecular complexity index is 1090. The first kappa shape index (κ1) is 17.5. The molecule has 2 aromatic carbocycles. The van der Waals surface area contributed by atoms with E-state index in [2.05, 4.69) is 28.2 Å². The van der Waals surface area contributed by atoms with E-state index in [4.69, 9.17) is 9.47 Å². The van der Waals surface area contributed by atoms with Gasteiger partial charge in [-0.15, -0.1) is 10.2 Å². The van der Waals surface area contributed by atoms with E-state index in [-0.39, 0.29) is 0 Å². The van der Waals surface area contributed by atoms with Gasteiger partial charge in [0, 0.05) is 28.7 Å². The molecule has 7 heteroatoms. The molecule has 138 valence electrons. The fourth-order valence-electron chi connectivity index (χ4n) is 3.11. The number of thioether (sulfide) groups is 1. The van der Waals surface area contributed by atoms with E-state index in [0.717, 1.165) is 50.4 Å². The summed E-state index contributed by atoms with van der Waals surface area (Å²) in [7, 11) is 3.31. The molecule has 4 rings (SSSR count). The van der Waals surface area contributed by atoms with E-state index in [1.807, 2.05) is 47.2 Å². The zero-order valence-corrected chi connectivity index (χ0v) is 16.2. The highest BCUT2D eigenvalue weighted by molar-refractivity contribution is 7.99. The van der Waals surface area contributed by atoms with Crippen molar-refractivity contribution in [1.82, 2.24) is 19.7 Å². The quantitative estimate of drug-likeness (QED) is 0.497. The third kappa shape index (κ3) is 3.04. The lowest BCUT2D eigenvalue weighted by Crippen LogP contribution is -2.03. The average Bonchev–Trinajstić information content (AvgIpc) is 3.31. The van der Waals surface area contributed by atoms with Gasteiger partial charge in [-0.3, -0.25) is 4.57 Å². The highest BCUT2D eigenvalue weighted by Gasteiger charge is 2.21. The van der Waals surface area contributed by atoms with Crippen LogP contribution in [0, 0.1) is 0 Å². The van der Waals surface area contributed by atoms with Crippen molar-refractivity contribution in [2.45, 2.75) is 12.1 Å². The minimum absolute atomic E-state index is 0.731. The largest absolute Gasteiger partial charge is 0.497 e. The molecule has 4 aromatic rings. The number of aromatic nitrogens is 4. The Kier molecular flexibility index (Phi) is 4.77. The predicted molar refractivity (Wildman–Crippen MR) is 108 cm³/mol. The standard InChI is InChI=1S/C20H20N4O2S/c1-4-27-20-23-22-19(15-12-21-16-8-6-5-7-14(15)16)24(20)17-11-13(25-2)9-10-18(17)26-3/h5-12,21H,4H2,1-3H3. The average molecular weight is 380 g/mol. The van der Waals surface area contributed by atoms with Gasteiger partial charge in [-0.25, -0.2) is 0 Å². The number of nitrogens with zero attached hydrogens (tertiary/aromatic N) is 3. The summed E-state index contributed by atoms with van der Waals surface area (Å²) < 4.78 is 13.1. The maximum Gasteiger partial charge on any atom is 0.196 e. The van der Waals surface area contributed by atoms with Crippen molar-refractivity contribution in [1.29, 1.82) is 0 Å². The summed E-state index contributed by atoms with van der Waals surface area (Å²) in [5.74, 6) is 3.12. The number of hydrogen-bond donors (Lipinski definition) is 1. The molecule has 0 fully saturated rings. The van der Waals surface area contributed by atoms with E-state index in [0.29, 0.717) is 0 Å². The second-order valence-corrected chi connectivity index (χ2v) is 7.09. The number of nitrogens with one attached hydrogen (secondary N) is 1. The summed E-state index contributed by atoms with van der Waals surface area (Å²) in [6.07, 6.45) is 1.97. The van der Waals surface area contributed by atoms with Crippen LogP contribution < -0.4 is 9.47 Å². The fourth-order valence-corrected chi connectivity index (χ4v) is 3.78. The molecule has 0 aliphatic carbocycles. The summed E-state index contributed by atoms with van der Waals surface area (Å²) in [6.45, 7) is 2.10. The summed E-state index contributed by atoms with van der Waals surface area (Å²) in [5.41, 5.74) is 2.90. The van der Waals surface area contributed by atoms with Gasteiger partial charge in [-0.05, 0) is 24.0 Å². The number of aromatic amines is 1. The lowest BCUT2D eigenvalue weighted by atomic mass is 10.1. The van der Waals surface area contributed by atoms with Gasteiger partial charge >= 0.3 is 0 Å². The zero-order valence-electron chi connectivity index (χ0n) is 15.4. The highest BCUT2D eigenvalue weighted by Crippen LogP contribution is 2.36. The van der Waals surface area contributed by atoms with Crippen LogP contribution in [0.2, 0.25) is 0 Å². The Balaban J connectivity index is 1.99. The Labute approximate surface area is 161 Å². The number of ether oxygens (including phenoxy) is 2. The summed E-state index contributed by atoms with van der Waals surface area (Å²) in [6, 6.07) is 13.9. The molecule has 0 amide bonds. The molecular formula is C20H20N4O2S. The minimum Gasteiger partial charge on any atom is -0.497 e.